The second-order valence-corrected chi connectivity index (χ2v) is 5.14. The van der Waals surface area contributed by atoms with Gasteiger partial charge in [0.1, 0.15) is 11.3 Å². The van der Waals surface area contributed by atoms with E-state index < -0.39 is 5.97 Å². The molecule has 0 bridgehead atoms. The average Bonchev–Trinajstić information content (AvgIpc) is 2.40. The van der Waals surface area contributed by atoms with E-state index in [0.717, 1.165) is 0 Å². The topological polar surface area (TPSA) is 75.6 Å². The SMILES string of the molecule is CC(=O)Nc1ccccc1Oc1cc(Br)ccc1C(=O)O. The molecule has 2 aromatic rings. The monoisotopic (exact) mass is 349 g/mol. The first-order valence-corrected chi connectivity index (χ1v) is 6.84. The molecule has 2 aromatic carbocycles. The Hall–Kier alpha value is -2.34. The zero-order chi connectivity index (χ0) is 15.4. The molecule has 0 atom stereocenters. The third kappa shape index (κ3) is 3.82. The number of rotatable bonds is 4. The van der Waals surface area contributed by atoms with Gasteiger partial charge in [-0.3, -0.25) is 4.79 Å². The standard InChI is InChI=1S/C15H12BrNO4/c1-9(18)17-12-4-2-3-5-13(12)21-14-8-10(16)6-7-11(14)15(19)20/h2-8H,1H3,(H,17,18)(H,19,20). The van der Waals surface area contributed by atoms with Crippen LogP contribution in [0.25, 0.3) is 0 Å². The van der Waals surface area contributed by atoms with Gasteiger partial charge in [0, 0.05) is 11.4 Å². The molecule has 0 saturated carbocycles. The normalized spacial score (nSPS) is 10.0. The Labute approximate surface area is 129 Å². The lowest BCUT2D eigenvalue weighted by molar-refractivity contribution is -0.114. The molecule has 0 fully saturated rings. The van der Waals surface area contributed by atoms with E-state index in [9.17, 15) is 14.7 Å². The molecule has 1 amide bonds. The molecule has 21 heavy (non-hydrogen) atoms. The predicted molar refractivity (Wildman–Crippen MR) is 81.9 cm³/mol. The summed E-state index contributed by atoms with van der Waals surface area (Å²) in [5.41, 5.74) is 0.511. The Morgan fingerprint density at radius 1 is 1.14 bits per heavy atom. The Bertz CT molecular complexity index is 700. The summed E-state index contributed by atoms with van der Waals surface area (Å²) in [6.45, 7) is 1.39. The van der Waals surface area contributed by atoms with E-state index in [1.165, 1.54) is 13.0 Å². The first-order chi connectivity index (χ1) is 9.97. The first-order valence-electron chi connectivity index (χ1n) is 6.04. The molecule has 0 aliphatic rings. The fourth-order valence-corrected chi connectivity index (χ4v) is 2.06. The van der Waals surface area contributed by atoms with E-state index in [4.69, 9.17) is 4.74 Å². The lowest BCUT2D eigenvalue weighted by atomic mass is 10.2. The van der Waals surface area contributed by atoms with Gasteiger partial charge in [-0.1, -0.05) is 28.1 Å². The number of carbonyl (C=O) groups excluding carboxylic acids is 1. The first kappa shape index (κ1) is 15.1. The lowest BCUT2D eigenvalue weighted by Gasteiger charge is -2.13. The highest BCUT2D eigenvalue weighted by Crippen LogP contribution is 2.33. The van der Waals surface area contributed by atoms with E-state index in [1.807, 2.05) is 0 Å². The molecule has 0 unspecified atom stereocenters. The molecule has 2 rings (SSSR count). The third-order valence-corrected chi connectivity index (χ3v) is 3.08. The number of hydrogen-bond acceptors (Lipinski definition) is 3. The van der Waals surface area contributed by atoms with Gasteiger partial charge in [0.25, 0.3) is 0 Å². The maximum atomic E-state index is 11.2. The van der Waals surface area contributed by atoms with Gasteiger partial charge >= 0.3 is 5.97 Å². The van der Waals surface area contributed by atoms with Crippen molar-refractivity contribution in [1.29, 1.82) is 0 Å². The fourth-order valence-electron chi connectivity index (χ4n) is 1.72. The summed E-state index contributed by atoms with van der Waals surface area (Å²) in [6.07, 6.45) is 0. The minimum absolute atomic E-state index is 0.0378. The number of nitrogens with one attached hydrogen (secondary N) is 1. The van der Waals surface area contributed by atoms with Crippen LogP contribution in [0.3, 0.4) is 0 Å². The van der Waals surface area contributed by atoms with Crippen LogP contribution < -0.4 is 10.1 Å². The van der Waals surface area contributed by atoms with Crippen molar-refractivity contribution < 1.29 is 19.4 Å². The number of anilines is 1. The van der Waals surface area contributed by atoms with Gasteiger partial charge in [-0.2, -0.15) is 0 Å². The van der Waals surface area contributed by atoms with Crippen molar-refractivity contribution in [1.82, 2.24) is 0 Å². The molecule has 5 nitrogen and oxygen atoms in total. The van der Waals surface area contributed by atoms with Crippen molar-refractivity contribution in [2.45, 2.75) is 6.92 Å². The summed E-state index contributed by atoms with van der Waals surface area (Å²) in [4.78, 5) is 22.4. The zero-order valence-corrected chi connectivity index (χ0v) is 12.7. The smallest absolute Gasteiger partial charge is 0.339 e. The van der Waals surface area contributed by atoms with Crippen molar-refractivity contribution in [2.24, 2.45) is 0 Å². The van der Waals surface area contributed by atoms with Crippen LogP contribution in [0, 0.1) is 0 Å². The van der Waals surface area contributed by atoms with Crippen LogP contribution in [0.15, 0.2) is 46.9 Å². The molecular formula is C15H12BrNO4. The van der Waals surface area contributed by atoms with Gasteiger partial charge in [0.05, 0.1) is 5.69 Å². The number of hydrogen-bond donors (Lipinski definition) is 2. The molecule has 0 saturated heterocycles. The van der Waals surface area contributed by atoms with Crippen molar-refractivity contribution in [2.75, 3.05) is 5.32 Å². The van der Waals surface area contributed by atoms with Crippen LogP contribution in [0.4, 0.5) is 5.69 Å². The van der Waals surface area contributed by atoms with Crippen LogP contribution in [-0.2, 0) is 4.79 Å². The van der Waals surface area contributed by atoms with Crippen molar-refractivity contribution in [3.05, 3.63) is 52.5 Å². The largest absolute Gasteiger partial charge is 0.478 e. The Balaban J connectivity index is 2.40. The minimum atomic E-state index is -1.09. The van der Waals surface area contributed by atoms with E-state index in [2.05, 4.69) is 21.2 Å². The molecule has 0 radical (unpaired) electrons. The summed E-state index contributed by atoms with van der Waals surface area (Å²) in [6, 6.07) is 11.4. The van der Waals surface area contributed by atoms with E-state index >= 15 is 0 Å². The molecule has 0 aromatic heterocycles. The maximum Gasteiger partial charge on any atom is 0.339 e. The maximum absolute atomic E-state index is 11.2. The number of para-hydroxylation sites is 2. The molecule has 2 N–H and O–H groups in total. The van der Waals surface area contributed by atoms with Gasteiger partial charge in [-0.05, 0) is 30.3 Å². The summed E-state index contributed by atoms with van der Waals surface area (Å²) < 4.78 is 6.35. The van der Waals surface area contributed by atoms with E-state index in [0.29, 0.717) is 15.9 Å². The molecule has 6 heteroatoms. The number of halogens is 1. The van der Waals surface area contributed by atoms with E-state index in [1.54, 1.807) is 36.4 Å². The van der Waals surface area contributed by atoms with Crippen molar-refractivity contribution in [3.63, 3.8) is 0 Å². The van der Waals surface area contributed by atoms with Crippen LogP contribution >= 0.6 is 15.9 Å². The summed E-state index contributed by atoms with van der Waals surface area (Å²) in [5.74, 6) is -0.767. The van der Waals surface area contributed by atoms with Gasteiger partial charge < -0.3 is 15.2 Å². The average molecular weight is 350 g/mol. The second-order valence-electron chi connectivity index (χ2n) is 4.23. The fraction of sp³-hybridized carbons (Fsp3) is 0.0667. The minimum Gasteiger partial charge on any atom is -0.478 e. The highest BCUT2D eigenvalue weighted by Gasteiger charge is 2.14. The molecule has 108 valence electrons. The number of carbonyl (C=O) groups is 2. The van der Waals surface area contributed by atoms with Crippen molar-refractivity contribution in [3.8, 4) is 11.5 Å². The number of amides is 1. The summed E-state index contributed by atoms with van der Waals surface area (Å²) >= 11 is 3.27. The highest BCUT2D eigenvalue weighted by molar-refractivity contribution is 9.10. The number of benzene rings is 2. The van der Waals surface area contributed by atoms with Crippen LogP contribution in [0.1, 0.15) is 17.3 Å². The summed E-state index contributed by atoms with van der Waals surface area (Å²) in [7, 11) is 0. The van der Waals surface area contributed by atoms with Gasteiger partial charge in [-0.15, -0.1) is 0 Å². The van der Waals surface area contributed by atoms with Gasteiger partial charge in [0.2, 0.25) is 5.91 Å². The third-order valence-electron chi connectivity index (χ3n) is 2.59. The second kappa shape index (κ2) is 6.41. The predicted octanol–water partition coefficient (Wildman–Crippen LogP) is 3.90. The quantitative estimate of drug-likeness (QED) is 0.877. The number of ether oxygens (including phenoxy) is 1. The van der Waals surface area contributed by atoms with Crippen LogP contribution in [0.2, 0.25) is 0 Å². The van der Waals surface area contributed by atoms with Gasteiger partial charge in [-0.25, -0.2) is 4.79 Å². The summed E-state index contributed by atoms with van der Waals surface area (Å²) in [5, 5.41) is 11.8. The highest BCUT2D eigenvalue weighted by atomic mass is 79.9. The van der Waals surface area contributed by atoms with Crippen LogP contribution in [0.5, 0.6) is 11.5 Å². The molecular weight excluding hydrogens is 338 g/mol. The lowest BCUT2D eigenvalue weighted by Crippen LogP contribution is -2.07. The number of carboxylic acid groups (broad SMARTS) is 1. The van der Waals surface area contributed by atoms with E-state index in [-0.39, 0.29) is 17.2 Å². The van der Waals surface area contributed by atoms with Gasteiger partial charge in [0.15, 0.2) is 5.75 Å². The molecule has 0 aliphatic carbocycles. The van der Waals surface area contributed by atoms with Crippen molar-refractivity contribution >= 4 is 33.5 Å². The molecule has 0 spiro atoms. The Morgan fingerprint density at radius 2 is 1.86 bits per heavy atom. The Morgan fingerprint density at radius 3 is 2.52 bits per heavy atom. The van der Waals surface area contributed by atoms with Crippen LogP contribution in [-0.4, -0.2) is 17.0 Å². The zero-order valence-electron chi connectivity index (χ0n) is 11.1. The molecule has 0 heterocycles. The number of aromatic carboxylic acids is 1. The molecule has 0 aliphatic heterocycles. The number of carboxylic acids is 1. The Kier molecular flexibility index (Phi) is 4.59.